The molecule has 2 nitrogen and oxygen atoms in total. The number of carbonyl (C=O) groups excluding carboxylic acids is 1. The molecular weight excluding hydrogens is 150 g/mol. The maximum absolute atomic E-state index is 11.5. The van der Waals surface area contributed by atoms with Gasteiger partial charge in [-0.05, 0) is 12.8 Å². The van der Waals surface area contributed by atoms with Crippen molar-refractivity contribution in [1.82, 2.24) is 4.90 Å². The molecule has 1 atom stereocenters. The minimum absolute atomic E-state index is 0.0555. The highest BCUT2D eigenvalue weighted by atomic mass is 16.2. The molecule has 12 heavy (non-hydrogen) atoms. The van der Waals surface area contributed by atoms with Crippen molar-refractivity contribution in [3.8, 4) is 12.3 Å². The van der Waals surface area contributed by atoms with E-state index in [1.807, 2.05) is 18.7 Å². The summed E-state index contributed by atoms with van der Waals surface area (Å²) in [4.78, 5) is 13.4. The van der Waals surface area contributed by atoms with E-state index < -0.39 is 0 Å². The van der Waals surface area contributed by atoms with Gasteiger partial charge in [0.05, 0.1) is 6.04 Å². The minimum Gasteiger partial charge on any atom is -0.329 e. The number of nitrogens with zero attached hydrogens (tertiary/aromatic N) is 1. The van der Waals surface area contributed by atoms with Gasteiger partial charge in [0.2, 0.25) is 5.91 Å². The van der Waals surface area contributed by atoms with E-state index in [-0.39, 0.29) is 17.9 Å². The van der Waals surface area contributed by atoms with Gasteiger partial charge in [-0.2, -0.15) is 0 Å². The lowest BCUT2D eigenvalue weighted by molar-refractivity contribution is -0.134. The van der Waals surface area contributed by atoms with Gasteiger partial charge in [-0.1, -0.05) is 19.8 Å². The topological polar surface area (TPSA) is 20.3 Å². The first kappa shape index (κ1) is 9.12. The van der Waals surface area contributed by atoms with Crippen LogP contribution in [0.5, 0.6) is 0 Å². The number of hydrogen-bond acceptors (Lipinski definition) is 1. The van der Waals surface area contributed by atoms with Crippen LogP contribution in [0, 0.1) is 18.3 Å². The minimum atomic E-state index is 0.0555. The number of terminal acetylenes is 1. The second kappa shape index (κ2) is 3.62. The number of likely N-dealkylation sites (tertiary alicyclic amines) is 1. The fourth-order valence-corrected chi connectivity index (χ4v) is 1.54. The smallest absolute Gasteiger partial charge is 0.226 e. The molecule has 1 amide bonds. The zero-order chi connectivity index (χ0) is 9.14. The van der Waals surface area contributed by atoms with Crippen molar-refractivity contribution in [2.24, 2.45) is 5.92 Å². The highest BCUT2D eigenvalue weighted by Gasteiger charge is 2.28. The van der Waals surface area contributed by atoms with Crippen molar-refractivity contribution in [3.63, 3.8) is 0 Å². The van der Waals surface area contributed by atoms with Crippen molar-refractivity contribution < 1.29 is 4.79 Å². The Morgan fingerprint density at radius 2 is 2.33 bits per heavy atom. The van der Waals surface area contributed by atoms with Gasteiger partial charge in [0, 0.05) is 12.5 Å². The standard InChI is InChI=1S/C10H15NO/c1-4-9-6-5-7-11(9)10(12)8(2)3/h1,8-9H,5-7H2,2-3H3. The summed E-state index contributed by atoms with van der Waals surface area (Å²) in [7, 11) is 0. The second-order valence-electron chi connectivity index (χ2n) is 3.51. The zero-order valence-electron chi connectivity index (χ0n) is 7.71. The van der Waals surface area contributed by atoms with Crippen LogP contribution >= 0.6 is 0 Å². The van der Waals surface area contributed by atoms with Crippen LogP contribution in [0.2, 0.25) is 0 Å². The summed E-state index contributed by atoms with van der Waals surface area (Å²) < 4.78 is 0. The van der Waals surface area contributed by atoms with Gasteiger partial charge in [0.15, 0.2) is 0 Å². The molecule has 0 radical (unpaired) electrons. The summed E-state index contributed by atoms with van der Waals surface area (Å²) in [6.45, 7) is 4.66. The maximum Gasteiger partial charge on any atom is 0.226 e. The van der Waals surface area contributed by atoms with Crippen molar-refractivity contribution in [3.05, 3.63) is 0 Å². The van der Waals surface area contributed by atoms with E-state index in [9.17, 15) is 4.79 Å². The molecule has 1 rings (SSSR count). The van der Waals surface area contributed by atoms with Gasteiger partial charge >= 0.3 is 0 Å². The number of carbonyl (C=O) groups is 1. The summed E-state index contributed by atoms with van der Waals surface area (Å²) in [6.07, 6.45) is 7.33. The normalized spacial score (nSPS) is 22.8. The van der Waals surface area contributed by atoms with Gasteiger partial charge in [-0.25, -0.2) is 0 Å². The van der Waals surface area contributed by atoms with Crippen LogP contribution in [0.4, 0.5) is 0 Å². The zero-order valence-corrected chi connectivity index (χ0v) is 7.71. The van der Waals surface area contributed by atoms with Crippen LogP contribution < -0.4 is 0 Å². The Morgan fingerprint density at radius 3 is 2.83 bits per heavy atom. The fourth-order valence-electron chi connectivity index (χ4n) is 1.54. The van der Waals surface area contributed by atoms with Crippen molar-refractivity contribution in [2.75, 3.05) is 6.54 Å². The highest BCUT2D eigenvalue weighted by Crippen LogP contribution is 2.18. The lowest BCUT2D eigenvalue weighted by Gasteiger charge is -2.22. The molecule has 1 aliphatic heterocycles. The molecule has 0 aliphatic carbocycles. The van der Waals surface area contributed by atoms with E-state index in [0.717, 1.165) is 19.4 Å². The van der Waals surface area contributed by atoms with Crippen molar-refractivity contribution >= 4 is 5.91 Å². The number of hydrogen-bond donors (Lipinski definition) is 0. The third-order valence-electron chi connectivity index (χ3n) is 2.22. The van der Waals surface area contributed by atoms with Crippen LogP contribution in [0.1, 0.15) is 26.7 Å². The Balaban J connectivity index is 2.63. The van der Waals surface area contributed by atoms with E-state index in [0.29, 0.717) is 0 Å². The van der Waals surface area contributed by atoms with Crippen molar-refractivity contribution in [2.45, 2.75) is 32.7 Å². The molecule has 0 N–H and O–H groups in total. The first-order valence-corrected chi connectivity index (χ1v) is 4.43. The van der Waals surface area contributed by atoms with Crippen LogP contribution in [0.3, 0.4) is 0 Å². The molecule has 0 saturated carbocycles. The first-order valence-electron chi connectivity index (χ1n) is 4.43. The average Bonchev–Trinajstić information content (AvgIpc) is 2.49. The highest BCUT2D eigenvalue weighted by molar-refractivity contribution is 5.79. The monoisotopic (exact) mass is 165 g/mol. The van der Waals surface area contributed by atoms with E-state index in [1.54, 1.807) is 0 Å². The van der Waals surface area contributed by atoms with Crippen LogP contribution in [0.15, 0.2) is 0 Å². The van der Waals surface area contributed by atoms with E-state index in [4.69, 9.17) is 6.42 Å². The van der Waals surface area contributed by atoms with Crippen LogP contribution in [-0.2, 0) is 4.79 Å². The van der Waals surface area contributed by atoms with Gasteiger partial charge in [0.25, 0.3) is 0 Å². The largest absolute Gasteiger partial charge is 0.329 e. The maximum atomic E-state index is 11.5. The van der Waals surface area contributed by atoms with Gasteiger partial charge < -0.3 is 4.90 Å². The molecule has 66 valence electrons. The molecule has 1 aliphatic rings. The van der Waals surface area contributed by atoms with Crippen molar-refractivity contribution in [1.29, 1.82) is 0 Å². The quantitative estimate of drug-likeness (QED) is 0.536. The number of amides is 1. The summed E-state index contributed by atoms with van der Waals surface area (Å²) in [6, 6.07) is 0.0555. The average molecular weight is 165 g/mol. The Morgan fingerprint density at radius 1 is 1.67 bits per heavy atom. The molecule has 0 bridgehead atoms. The molecule has 1 heterocycles. The molecule has 0 aromatic carbocycles. The SMILES string of the molecule is C#CC1CCCN1C(=O)C(C)C. The van der Waals surface area contributed by atoms with Gasteiger partial charge in [0.1, 0.15) is 0 Å². The molecule has 2 heteroatoms. The molecule has 0 aromatic rings. The summed E-state index contributed by atoms with van der Waals surface area (Å²) >= 11 is 0. The number of rotatable bonds is 1. The molecule has 1 unspecified atom stereocenters. The molecule has 1 fully saturated rings. The lowest BCUT2D eigenvalue weighted by Crippen LogP contribution is -2.37. The molecule has 1 saturated heterocycles. The van der Waals surface area contributed by atoms with Crippen LogP contribution in [-0.4, -0.2) is 23.4 Å². The van der Waals surface area contributed by atoms with Crippen LogP contribution in [0.25, 0.3) is 0 Å². The summed E-state index contributed by atoms with van der Waals surface area (Å²) in [5.74, 6) is 2.91. The lowest BCUT2D eigenvalue weighted by atomic mass is 10.1. The Labute approximate surface area is 73.9 Å². The molecule has 0 aromatic heterocycles. The molecule has 0 spiro atoms. The van der Waals surface area contributed by atoms with Gasteiger partial charge in [-0.15, -0.1) is 6.42 Å². The van der Waals surface area contributed by atoms with Gasteiger partial charge in [-0.3, -0.25) is 4.79 Å². The van der Waals surface area contributed by atoms with E-state index in [1.165, 1.54) is 0 Å². The first-order chi connectivity index (χ1) is 5.66. The summed E-state index contributed by atoms with van der Waals surface area (Å²) in [5, 5.41) is 0. The summed E-state index contributed by atoms with van der Waals surface area (Å²) in [5.41, 5.74) is 0. The third-order valence-corrected chi connectivity index (χ3v) is 2.22. The third kappa shape index (κ3) is 1.61. The molecular formula is C10H15NO. The Hall–Kier alpha value is -0.970. The Kier molecular flexibility index (Phi) is 2.75. The predicted octanol–water partition coefficient (Wildman–Crippen LogP) is 1.27. The second-order valence-corrected chi connectivity index (χ2v) is 3.51. The van der Waals surface area contributed by atoms with E-state index >= 15 is 0 Å². The fraction of sp³-hybridized carbons (Fsp3) is 0.700. The predicted molar refractivity (Wildman–Crippen MR) is 48.4 cm³/mol. The van der Waals surface area contributed by atoms with E-state index in [2.05, 4.69) is 5.92 Å². The Bertz CT molecular complexity index is 214.